The third-order valence-electron chi connectivity index (χ3n) is 3.72. The molecule has 27 heavy (non-hydrogen) atoms. The Morgan fingerprint density at radius 2 is 1.41 bits per heavy atom. The smallest absolute Gasteiger partial charge is 0.238 e. The molecule has 5 nitrogen and oxygen atoms in total. The van der Waals surface area contributed by atoms with Gasteiger partial charge in [-0.15, -0.1) is 0 Å². The Bertz CT molecular complexity index is 842. The zero-order valence-electron chi connectivity index (χ0n) is 14.5. The first kappa shape index (κ1) is 20.9. The van der Waals surface area contributed by atoms with E-state index in [9.17, 15) is 26.7 Å². The predicted octanol–water partition coefficient (Wildman–Crippen LogP) is 3.59. The molecule has 0 aliphatic rings. The molecular weight excluding hydrogens is 391 g/mol. The van der Waals surface area contributed by atoms with Crippen molar-refractivity contribution in [1.82, 2.24) is 15.4 Å². The van der Waals surface area contributed by atoms with Crippen LogP contribution >= 0.6 is 11.8 Å². The highest BCUT2D eigenvalue weighted by Gasteiger charge is 2.26. The number of nitrogens with zero attached hydrogens (tertiary/aromatic N) is 2. The molecular formula is C16H15F5N4OS. The molecule has 1 amide bonds. The van der Waals surface area contributed by atoms with Crippen LogP contribution < -0.4 is 10.9 Å². The molecule has 0 fully saturated rings. The van der Waals surface area contributed by atoms with Crippen LogP contribution in [0.3, 0.4) is 0 Å². The quantitative estimate of drug-likeness (QED) is 0.192. The summed E-state index contributed by atoms with van der Waals surface area (Å²) >= 11 is 1.37. The molecule has 1 aromatic heterocycles. The molecule has 2 aromatic rings. The number of nitrogens with one attached hydrogen (secondary N) is 2. The van der Waals surface area contributed by atoms with Gasteiger partial charge in [-0.25, -0.2) is 31.9 Å². The molecule has 0 unspecified atom stereocenters. The standard InChI is InChI=1S/C16H15F5N4OS/c1-6-8(7(2)23-16(22-6)27-3)4-5-9(26)24-25-15-13(20)11(18)10(17)12(19)14(15)21/h25H,4-5H2,1-3H3,(H,24,26). The van der Waals surface area contributed by atoms with E-state index in [2.05, 4.69) is 9.97 Å². The molecule has 146 valence electrons. The Kier molecular flexibility index (Phi) is 6.58. The second-order valence-corrected chi connectivity index (χ2v) is 6.25. The van der Waals surface area contributed by atoms with Crippen molar-refractivity contribution in [3.05, 3.63) is 46.0 Å². The lowest BCUT2D eigenvalue weighted by atomic mass is 10.1. The topological polar surface area (TPSA) is 66.9 Å². The first-order valence-electron chi connectivity index (χ1n) is 7.61. The van der Waals surface area contributed by atoms with Crippen LogP contribution in [0.1, 0.15) is 23.4 Å². The summed E-state index contributed by atoms with van der Waals surface area (Å²) < 4.78 is 66.3. The number of rotatable bonds is 6. The molecule has 0 saturated heterocycles. The van der Waals surface area contributed by atoms with E-state index in [0.29, 0.717) is 16.5 Å². The molecule has 0 saturated carbocycles. The minimum atomic E-state index is -2.28. The minimum absolute atomic E-state index is 0.119. The zero-order chi connectivity index (χ0) is 20.3. The summed E-state index contributed by atoms with van der Waals surface area (Å²) in [6.45, 7) is 3.52. The molecule has 0 bridgehead atoms. The van der Waals surface area contributed by atoms with Gasteiger partial charge in [0.15, 0.2) is 28.4 Å². The third kappa shape index (κ3) is 4.46. The van der Waals surface area contributed by atoms with Crippen molar-refractivity contribution in [3.8, 4) is 0 Å². The average molecular weight is 406 g/mol. The van der Waals surface area contributed by atoms with Gasteiger partial charge in [-0.05, 0) is 32.1 Å². The van der Waals surface area contributed by atoms with Crippen molar-refractivity contribution in [3.63, 3.8) is 0 Å². The number of hydrazine groups is 1. The maximum Gasteiger partial charge on any atom is 0.238 e. The van der Waals surface area contributed by atoms with Gasteiger partial charge in [0.25, 0.3) is 0 Å². The molecule has 2 rings (SSSR count). The number of benzene rings is 1. The second-order valence-electron chi connectivity index (χ2n) is 5.48. The molecule has 0 radical (unpaired) electrons. The number of hydrogen-bond acceptors (Lipinski definition) is 5. The normalized spacial score (nSPS) is 10.8. The highest BCUT2D eigenvalue weighted by Crippen LogP contribution is 2.26. The highest BCUT2D eigenvalue weighted by atomic mass is 32.2. The van der Waals surface area contributed by atoms with Gasteiger partial charge < -0.3 is 0 Å². The summed E-state index contributed by atoms with van der Waals surface area (Å²) in [4.78, 5) is 20.4. The van der Waals surface area contributed by atoms with E-state index in [1.807, 2.05) is 11.7 Å². The van der Waals surface area contributed by atoms with Crippen LogP contribution in [0.4, 0.5) is 27.6 Å². The molecule has 11 heteroatoms. The maximum atomic E-state index is 13.5. The summed E-state index contributed by atoms with van der Waals surface area (Å²) in [5, 5.41) is 0.589. The number of halogens is 5. The highest BCUT2D eigenvalue weighted by molar-refractivity contribution is 7.98. The summed E-state index contributed by atoms with van der Waals surface area (Å²) in [6, 6.07) is 0. The van der Waals surface area contributed by atoms with Gasteiger partial charge in [-0.1, -0.05) is 11.8 Å². The predicted molar refractivity (Wildman–Crippen MR) is 89.6 cm³/mol. The molecule has 0 atom stereocenters. The summed E-state index contributed by atoms with van der Waals surface area (Å²) in [5.74, 6) is -11.3. The van der Waals surface area contributed by atoms with E-state index in [1.54, 1.807) is 19.3 Å². The van der Waals surface area contributed by atoms with Crippen molar-refractivity contribution in [2.75, 3.05) is 11.7 Å². The van der Waals surface area contributed by atoms with Gasteiger partial charge >= 0.3 is 0 Å². The van der Waals surface area contributed by atoms with E-state index < -0.39 is 40.7 Å². The van der Waals surface area contributed by atoms with E-state index in [1.165, 1.54) is 11.8 Å². The number of carbonyl (C=O) groups excluding carboxylic acids is 1. The van der Waals surface area contributed by atoms with Crippen molar-refractivity contribution in [1.29, 1.82) is 0 Å². The Hall–Kier alpha value is -2.43. The van der Waals surface area contributed by atoms with E-state index in [-0.39, 0.29) is 12.8 Å². The van der Waals surface area contributed by atoms with Crippen LogP contribution in [-0.4, -0.2) is 22.1 Å². The largest absolute Gasteiger partial charge is 0.293 e. The average Bonchev–Trinajstić information content (AvgIpc) is 2.63. The van der Waals surface area contributed by atoms with E-state index in [4.69, 9.17) is 0 Å². The van der Waals surface area contributed by atoms with Crippen LogP contribution in [0.2, 0.25) is 0 Å². The van der Waals surface area contributed by atoms with Crippen molar-refractivity contribution in [2.24, 2.45) is 0 Å². The van der Waals surface area contributed by atoms with Gasteiger partial charge in [-0.3, -0.25) is 15.6 Å². The number of anilines is 1. The van der Waals surface area contributed by atoms with Crippen molar-refractivity contribution < 1.29 is 26.7 Å². The third-order valence-corrected chi connectivity index (χ3v) is 4.27. The fraction of sp³-hybridized carbons (Fsp3) is 0.312. The minimum Gasteiger partial charge on any atom is -0.293 e. The Labute approximate surface area is 155 Å². The van der Waals surface area contributed by atoms with Crippen molar-refractivity contribution >= 4 is 23.4 Å². The molecule has 0 spiro atoms. The number of aromatic nitrogens is 2. The van der Waals surface area contributed by atoms with E-state index in [0.717, 1.165) is 5.56 Å². The summed E-state index contributed by atoms with van der Waals surface area (Å²) in [5.41, 5.74) is 4.44. The first-order valence-corrected chi connectivity index (χ1v) is 8.84. The summed E-state index contributed by atoms with van der Waals surface area (Å²) in [7, 11) is 0. The second kappa shape index (κ2) is 8.51. The van der Waals surface area contributed by atoms with Gasteiger partial charge in [0.05, 0.1) is 0 Å². The number of hydrogen-bond donors (Lipinski definition) is 2. The summed E-state index contributed by atoms with van der Waals surface area (Å²) in [6.07, 6.45) is 1.94. The Balaban J connectivity index is 2.05. The van der Waals surface area contributed by atoms with Gasteiger partial charge in [-0.2, -0.15) is 0 Å². The van der Waals surface area contributed by atoms with Gasteiger partial charge in [0.1, 0.15) is 5.69 Å². The van der Waals surface area contributed by atoms with Crippen LogP contribution in [-0.2, 0) is 11.2 Å². The monoisotopic (exact) mass is 406 g/mol. The lowest BCUT2D eigenvalue weighted by Crippen LogP contribution is -2.31. The number of amides is 1. The maximum absolute atomic E-state index is 13.5. The fourth-order valence-corrected chi connectivity index (χ4v) is 2.77. The number of aryl methyl sites for hydroxylation is 2. The molecule has 1 heterocycles. The molecule has 0 aliphatic carbocycles. The lowest BCUT2D eigenvalue weighted by Gasteiger charge is -2.13. The molecule has 1 aromatic carbocycles. The number of thioether (sulfide) groups is 1. The first-order chi connectivity index (χ1) is 12.7. The Morgan fingerprint density at radius 1 is 0.926 bits per heavy atom. The zero-order valence-corrected chi connectivity index (χ0v) is 15.3. The van der Waals surface area contributed by atoms with Crippen LogP contribution in [0, 0.1) is 42.9 Å². The van der Waals surface area contributed by atoms with Crippen molar-refractivity contribution in [2.45, 2.75) is 31.8 Å². The molecule has 2 N–H and O–H groups in total. The number of carbonyl (C=O) groups is 1. The van der Waals surface area contributed by atoms with Crippen LogP contribution in [0.25, 0.3) is 0 Å². The Morgan fingerprint density at radius 3 is 1.89 bits per heavy atom. The SMILES string of the molecule is CSc1nc(C)c(CCC(=O)NNc2c(F)c(F)c(F)c(F)c2F)c(C)n1. The van der Waals surface area contributed by atoms with Gasteiger partial charge in [0.2, 0.25) is 11.7 Å². The van der Waals surface area contributed by atoms with Crippen LogP contribution in [0.15, 0.2) is 5.16 Å². The van der Waals surface area contributed by atoms with Gasteiger partial charge in [0, 0.05) is 17.8 Å². The lowest BCUT2D eigenvalue weighted by molar-refractivity contribution is -0.120. The van der Waals surface area contributed by atoms with Crippen LogP contribution in [0.5, 0.6) is 0 Å². The van der Waals surface area contributed by atoms with E-state index >= 15 is 0 Å². The fourth-order valence-electron chi connectivity index (χ4n) is 2.31. The molecule has 0 aliphatic heterocycles.